The van der Waals surface area contributed by atoms with Gasteiger partial charge in [0.2, 0.25) is 0 Å². The van der Waals surface area contributed by atoms with Gasteiger partial charge in [0.15, 0.2) is 0 Å². The molecule has 34 heavy (non-hydrogen) atoms. The third-order valence-electron chi connectivity index (χ3n) is 7.05. The second-order valence-corrected chi connectivity index (χ2v) is 9.06. The Kier molecular flexibility index (Phi) is 4.35. The fraction of sp³-hybridized carbons (Fsp3) is 0.0606. The van der Waals surface area contributed by atoms with Crippen molar-refractivity contribution in [2.24, 2.45) is 0 Å². The van der Waals surface area contributed by atoms with E-state index in [2.05, 4.69) is 115 Å². The molecule has 0 radical (unpaired) electrons. The first-order valence-corrected chi connectivity index (χ1v) is 12.0. The Bertz CT molecular complexity index is 1720. The van der Waals surface area contributed by atoms with Gasteiger partial charge in [0, 0.05) is 10.9 Å². The Labute approximate surface area is 198 Å². The molecule has 0 bridgehead atoms. The lowest BCUT2D eigenvalue weighted by Gasteiger charge is -2.17. The van der Waals surface area contributed by atoms with Crippen molar-refractivity contribution in [2.75, 3.05) is 0 Å². The third-order valence-corrected chi connectivity index (χ3v) is 7.05. The second kappa shape index (κ2) is 7.67. The predicted molar refractivity (Wildman–Crippen MR) is 145 cm³/mol. The molecule has 0 aliphatic heterocycles. The van der Waals surface area contributed by atoms with E-state index in [4.69, 9.17) is 4.98 Å². The summed E-state index contributed by atoms with van der Waals surface area (Å²) in [5, 5.41) is 8.93. The highest BCUT2D eigenvalue weighted by atomic mass is 14.7. The fourth-order valence-electron chi connectivity index (χ4n) is 5.50. The topological polar surface area (TPSA) is 12.9 Å². The zero-order valence-corrected chi connectivity index (χ0v) is 18.8. The summed E-state index contributed by atoms with van der Waals surface area (Å²) < 4.78 is 0. The van der Waals surface area contributed by atoms with Crippen molar-refractivity contribution in [1.29, 1.82) is 0 Å². The van der Waals surface area contributed by atoms with Crippen molar-refractivity contribution in [3.05, 3.63) is 114 Å². The summed E-state index contributed by atoms with van der Waals surface area (Å²) in [4.78, 5) is 5.11. The molecule has 1 heterocycles. The van der Waals surface area contributed by atoms with Crippen molar-refractivity contribution in [3.8, 4) is 22.4 Å². The molecule has 1 aromatic heterocycles. The quantitative estimate of drug-likeness (QED) is 0.281. The van der Waals surface area contributed by atoms with E-state index in [-0.39, 0.29) is 0 Å². The van der Waals surface area contributed by atoms with Crippen LogP contribution >= 0.6 is 0 Å². The number of benzene rings is 5. The molecule has 0 N–H and O–H groups in total. The van der Waals surface area contributed by atoms with Crippen LogP contribution in [0.5, 0.6) is 0 Å². The Morgan fingerprint density at radius 3 is 1.94 bits per heavy atom. The van der Waals surface area contributed by atoms with Crippen molar-refractivity contribution in [3.63, 3.8) is 0 Å². The highest BCUT2D eigenvalue weighted by Gasteiger charge is 2.17. The van der Waals surface area contributed by atoms with Gasteiger partial charge in [0.05, 0.1) is 11.2 Å². The van der Waals surface area contributed by atoms with Crippen molar-refractivity contribution < 1.29 is 0 Å². The maximum Gasteiger partial charge on any atom is 0.0722 e. The van der Waals surface area contributed by atoms with Crippen molar-refractivity contribution in [2.45, 2.75) is 12.8 Å². The number of rotatable bonds is 2. The minimum Gasteiger partial charge on any atom is -0.248 e. The fourth-order valence-corrected chi connectivity index (χ4v) is 5.50. The van der Waals surface area contributed by atoms with E-state index in [9.17, 15) is 0 Å². The zero-order valence-electron chi connectivity index (χ0n) is 18.8. The van der Waals surface area contributed by atoms with E-state index in [1.807, 2.05) is 0 Å². The highest BCUT2D eigenvalue weighted by Crippen LogP contribution is 2.33. The average molecular weight is 434 g/mol. The molecule has 0 atom stereocenters. The normalized spacial score (nSPS) is 12.9. The summed E-state index contributed by atoms with van der Waals surface area (Å²) in [6, 6.07) is 37.1. The number of nitrogens with zero attached hydrogens (tertiary/aromatic N) is 1. The lowest BCUT2D eigenvalue weighted by Crippen LogP contribution is -2.31. The van der Waals surface area contributed by atoms with Crippen LogP contribution in [0.1, 0.15) is 12.8 Å². The summed E-state index contributed by atoms with van der Waals surface area (Å²) in [6.07, 6.45) is 6.97. The van der Waals surface area contributed by atoms with Crippen molar-refractivity contribution >= 4 is 44.6 Å². The van der Waals surface area contributed by atoms with Gasteiger partial charge >= 0.3 is 0 Å². The van der Waals surface area contributed by atoms with Crippen LogP contribution in [-0.4, -0.2) is 4.98 Å². The van der Waals surface area contributed by atoms with Crippen LogP contribution in [0.3, 0.4) is 0 Å². The van der Waals surface area contributed by atoms with Crippen LogP contribution < -0.4 is 10.4 Å². The molecule has 0 fully saturated rings. The number of para-hydroxylation sites is 1. The first-order valence-electron chi connectivity index (χ1n) is 12.0. The Hall–Kier alpha value is -4.23. The third kappa shape index (κ3) is 2.98. The summed E-state index contributed by atoms with van der Waals surface area (Å²) in [5.41, 5.74) is 5.93. The van der Waals surface area contributed by atoms with Crippen LogP contribution in [0.25, 0.3) is 67.0 Å². The monoisotopic (exact) mass is 433 g/mol. The Morgan fingerprint density at radius 2 is 1.12 bits per heavy atom. The maximum atomic E-state index is 5.11. The van der Waals surface area contributed by atoms with E-state index >= 15 is 0 Å². The van der Waals surface area contributed by atoms with Gasteiger partial charge in [0.1, 0.15) is 0 Å². The van der Waals surface area contributed by atoms with E-state index in [1.165, 1.54) is 54.1 Å². The molecule has 160 valence electrons. The average Bonchev–Trinajstić information content (AvgIpc) is 2.91. The number of aromatic nitrogens is 1. The molecule has 0 spiro atoms. The lowest BCUT2D eigenvalue weighted by atomic mass is 9.87. The van der Waals surface area contributed by atoms with Crippen LogP contribution in [-0.2, 0) is 0 Å². The zero-order chi connectivity index (χ0) is 22.5. The minimum absolute atomic E-state index is 1.04. The summed E-state index contributed by atoms with van der Waals surface area (Å²) in [5.74, 6) is 0. The molecular formula is C33H23N. The molecule has 5 aromatic carbocycles. The van der Waals surface area contributed by atoms with Gasteiger partial charge in [0.25, 0.3) is 0 Å². The van der Waals surface area contributed by atoms with Crippen molar-refractivity contribution in [1.82, 2.24) is 4.98 Å². The van der Waals surface area contributed by atoms with Crippen LogP contribution in [0.15, 0.2) is 103 Å². The molecule has 0 saturated heterocycles. The number of fused-ring (bicyclic) bond motifs is 4. The SMILES string of the molecule is C1=c2c(-c3ccc4ccccc4c3)c3ccccc3c(-c3ccc4ccccc4n3)c2=CCC1. The minimum atomic E-state index is 1.04. The molecule has 0 saturated carbocycles. The standard InChI is InChI=1S/C33H23N/c1-2-11-24-21-25(18-17-22(24)9-1)32-26-12-4-6-14-28(26)33(29-15-7-5-13-27(29)32)31-20-19-23-10-3-8-16-30(23)34-31/h1-4,6,8-21H,5,7H2. The van der Waals surface area contributed by atoms with Gasteiger partial charge in [-0.1, -0.05) is 97.1 Å². The molecule has 0 unspecified atom stereocenters. The number of hydrogen-bond acceptors (Lipinski definition) is 1. The molecule has 0 amide bonds. The number of pyridine rings is 1. The number of hydrogen-bond donors (Lipinski definition) is 0. The summed E-state index contributed by atoms with van der Waals surface area (Å²) >= 11 is 0. The van der Waals surface area contributed by atoms with E-state index in [1.54, 1.807) is 0 Å². The highest BCUT2D eigenvalue weighted by molar-refractivity contribution is 6.06. The van der Waals surface area contributed by atoms with Gasteiger partial charge in [-0.05, 0) is 74.1 Å². The molecule has 1 aliphatic rings. The first kappa shape index (κ1) is 19.3. The predicted octanol–water partition coefficient (Wildman–Crippen LogP) is 7.23. The second-order valence-electron chi connectivity index (χ2n) is 9.06. The summed E-state index contributed by atoms with van der Waals surface area (Å²) in [6.45, 7) is 0. The van der Waals surface area contributed by atoms with Crippen LogP contribution in [0.2, 0.25) is 0 Å². The molecule has 7 rings (SSSR count). The van der Waals surface area contributed by atoms with Crippen LogP contribution in [0.4, 0.5) is 0 Å². The maximum absolute atomic E-state index is 5.11. The first-order chi connectivity index (χ1) is 16.9. The Morgan fingerprint density at radius 1 is 0.500 bits per heavy atom. The molecule has 1 aliphatic carbocycles. The van der Waals surface area contributed by atoms with Gasteiger partial charge in [-0.3, -0.25) is 0 Å². The van der Waals surface area contributed by atoms with Gasteiger partial charge in [-0.25, -0.2) is 4.98 Å². The Balaban J connectivity index is 1.61. The summed E-state index contributed by atoms with van der Waals surface area (Å²) in [7, 11) is 0. The molecule has 6 aromatic rings. The molecule has 1 heteroatoms. The smallest absolute Gasteiger partial charge is 0.0722 e. The van der Waals surface area contributed by atoms with Crippen LogP contribution in [0, 0.1) is 0 Å². The van der Waals surface area contributed by atoms with E-state index < -0.39 is 0 Å². The van der Waals surface area contributed by atoms with E-state index in [0.29, 0.717) is 0 Å². The molecule has 1 nitrogen and oxygen atoms in total. The molecular weight excluding hydrogens is 410 g/mol. The van der Waals surface area contributed by atoms with Gasteiger partial charge in [-0.15, -0.1) is 0 Å². The lowest BCUT2D eigenvalue weighted by molar-refractivity contribution is 1.12. The largest absolute Gasteiger partial charge is 0.248 e. The van der Waals surface area contributed by atoms with E-state index in [0.717, 1.165) is 24.1 Å². The van der Waals surface area contributed by atoms with Gasteiger partial charge in [-0.2, -0.15) is 0 Å². The van der Waals surface area contributed by atoms with Gasteiger partial charge < -0.3 is 0 Å².